The Kier molecular flexibility index (Phi) is 4.02. The van der Waals surface area contributed by atoms with E-state index < -0.39 is 5.60 Å². The summed E-state index contributed by atoms with van der Waals surface area (Å²) in [7, 11) is 0. The lowest BCUT2D eigenvalue weighted by atomic mass is 9.46. The minimum atomic E-state index is -0.506. The van der Waals surface area contributed by atoms with Crippen molar-refractivity contribution in [3.8, 4) is 0 Å². The fourth-order valence-corrected chi connectivity index (χ4v) is 7.39. The zero-order chi connectivity index (χ0) is 18.7. The lowest BCUT2D eigenvalue weighted by Gasteiger charge is -2.59. The number of esters is 1. The fraction of sp³-hybridized carbons (Fsp3) is 0.739. The molecule has 3 fully saturated rings. The van der Waals surface area contributed by atoms with Crippen LogP contribution in [-0.4, -0.2) is 17.4 Å². The lowest BCUT2D eigenvalue weighted by molar-refractivity contribution is -0.171. The molecule has 0 aromatic heterocycles. The molecule has 0 radical (unpaired) electrons. The SMILES string of the molecule is C=C[C@]1(OC(C)=O)CCC2C3CCC4=CC(=O)CCC4(C)C3CCC21C. The summed E-state index contributed by atoms with van der Waals surface area (Å²) in [5.74, 6) is 2.03. The first-order valence-electron chi connectivity index (χ1n) is 10.3. The molecule has 26 heavy (non-hydrogen) atoms. The van der Waals surface area contributed by atoms with Crippen LogP contribution in [0.4, 0.5) is 0 Å². The van der Waals surface area contributed by atoms with Gasteiger partial charge in [0.15, 0.2) is 5.78 Å². The van der Waals surface area contributed by atoms with Gasteiger partial charge in [-0.1, -0.05) is 26.0 Å². The number of rotatable bonds is 2. The molecule has 0 heterocycles. The van der Waals surface area contributed by atoms with Gasteiger partial charge in [-0.2, -0.15) is 0 Å². The van der Waals surface area contributed by atoms with Gasteiger partial charge in [0.05, 0.1) is 0 Å². The Labute approximate surface area is 157 Å². The van der Waals surface area contributed by atoms with E-state index in [1.807, 2.05) is 12.2 Å². The standard InChI is InChI=1S/C23H32O3/c1-5-23(26-15(2)24)13-10-20-18-7-6-16-14-17(25)8-11-21(16,3)19(18)9-12-22(20,23)4/h5,14,18-20H,1,6-13H2,2-4H3/t18?,19?,20?,21?,22?,23-/m0/s1. The van der Waals surface area contributed by atoms with E-state index in [2.05, 4.69) is 20.4 Å². The number of ether oxygens (including phenoxy) is 1. The van der Waals surface area contributed by atoms with Gasteiger partial charge in [-0.3, -0.25) is 9.59 Å². The number of fused-ring (bicyclic) bond motifs is 5. The molecule has 3 heteroatoms. The average Bonchev–Trinajstić information content (AvgIpc) is 2.88. The van der Waals surface area contributed by atoms with E-state index in [0.717, 1.165) is 38.5 Å². The highest BCUT2D eigenvalue weighted by molar-refractivity contribution is 5.91. The van der Waals surface area contributed by atoms with Gasteiger partial charge in [-0.15, -0.1) is 0 Å². The summed E-state index contributed by atoms with van der Waals surface area (Å²) in [6, 6.07) is 0. The Balaban J connectivity index is 1.68. The molecule has 0 aromatic carbocycles. The van der Waals surface area contributed by atoms with Crippen molar-refractivity contribution in [1.82, 2.24) is 0 Å². The normalized spacial score (nSPS) is 47.3. The third-order valence-electron chi connectivity index (χ3n) is 8.80. The number of carbonyl (C=O) groups excluding carboxylic acids is 2. The van der Waals surface area contributed by atoms with Gasteiger partial charge in [0.25, 0.3) is 0 Å². The van der Waals surface area contributed by atoms with Crippen molar-refractivity contribution in [2.75, 3.05) is 0 Å². The molecule has 4 aliphatic carbocycles. The zero-order valence-electron chi connectivity index (χ0n) is 16.5. The van der Waals surface area contributed by atoms with E-state index >= 15 is 0 Å². The lowest BCUT2D eigenvalue weighted by Crippen LogP contribution is -2.55. The molecule has 0 bridgehead atoms. The maximum atomic E-state index is 11.9. The molecule has 0 aliphatic heterocycles. The minimum absolute atomic E-state index is 0.0103. The number of hydrogen-bond donors (Lipinski definition) is 0. The number of carbonyl (C=O) groups is 2. The molecule has 0 amide bonds. The molecule has 5 unspecified atom stereocenters. The second-order valence-corrected chi connectivity index (χ2v) is 9.65. The third-order valence-corrected chi connectivity index (χ3v) is 8.80. The maximum absolute atomic E-state index is 11.9. The first-order chi connectivity index (χ1) is 12.3. The van der Waals surface area contributed by atoms with E-state index in [1.165, 1.54) is 18.9 Å². The Bertz CT molecular complexity index is 692. The van der Waals surface area contributed by atoms with E-state index in [1.54, 1.807) is 0 Å². The Hall–Kier alpha value is -1.38. The number of allylic oxidation sites excluding steroid dienone is 1. The van der Waals surface area contributed by atoms with Crippen LogP contribution in [0.25, 0.3) is 0 Å². The van der Waals surface area contributed by atoms with E-state index in [-0.39, 0.29) is 16.8 Å². The van der Waals surface area contributed by atoms with Crippen LogP contribution in [-0.2, 0) is 14.3 Å². The summed E-state index contributed by atoms with van der Waals surface area (Å²) in [6.07, 6.45) is 12.1. The highest BCUT2D eigenvalue weighted by Gasteiger charge is 2.64. The monoisotopic (exact) mass is 356 g/mol. The first kappa shape index (κ1) is 18.0. The molecular formula is C23H32O3. The van der Waals surface area contributed by atoms with Crippen LogP contribution in [0.1, 0.15) is 72.1 Å². The second-order valence-electron chi connectivity index (χ2n) is 9.65. The molecule has 3 saturated carbocycles. The van der Waals surface area contributed by atoms with Crippen LogP contribution in [0.3, 0.4) is 0 Å². The first-order valence-corrected chi connectivity index (χ1v) is 10.3. The predicted octanol–water partition coefficient (Wildman–Crippen LogP) is 5.01. The molecule has 4 rings (SSSR count). The highest BCUT2D eigenvalue weighted by Crippen LogP contribution is 2.68. The Morgan fingerprint density at radius 2 is 1.88 bits per heavy atom. The molecule has 0 aromatic rings. The summed E-state index contributed by atoms with van der Waals surface area (Å²) in [5, 5.41) is 0. The summed E-state index contributed by atoms with van der Waals surface area (Å²) >= 11 is 0. The van der Waals surface area contributed by atoms with Crippen LogP contribution < -0.4 is 0 Å². The molecular weight excluding hydrogens is 324 g/mol. The number of ketones is 1. The molecule has 0 saturated heterocycles. The molecule has 142 valence electrons. The Morgan fingerprint density at radius 1 is 1.15 bits per heavy atom. The number of hydrogen-bond acceptors (Lipinski definition) is 3. The van der Waals surface area contributed by atoms with Crippen LogP contribution in [0.2, 0.25) is 0 Å². The fourth-order valence-electron chi connectivity index (χ4n) is 7.39. The van der Waals surface area contributed by atoms with E-state index in [0.29, 0.717) is 30.0 Å². The average molecular weight is 357 g/mol. The van der Waals surface area contributed by atoms with Gasteiger partial charge in [0.1, 0.15) is 5.60 Å². The highest BCUT2D eigenvalue weighted by atomic mass is 16.6. The quantitative estimate of drug-likeness (QED) is 0.516. The van der Waals surface area contributed by atoms with Gasteiger partial charge in [-0.25, -0.2) is 0 Å². The van der Waals surface area contributed by atoms with Crippen molar-refractivity contribution in [1.29, 1.82) is 0 Å². The van der Waals surface area contributed by atoms with Gasteiger partial charge in [-0.05, 0) is 80.3 Å². The summed E-state index contributed by atoms with van der Waals surface area (Å²) in [5.41, 5.74) is 1.09. The summed E-state index contributed by atoms with van der Waals surface area (Å²) in [4.78, 5) is 23.8. The molecule has 6 atom stereocenters. The molecule has 0 spiro atoms. The van der Waals surface area contributed by atoms with Gasteiger partial charge < -0.3 is 4.74 Å². The van der Waals surface area contributed by atoms with Crippen molar-refractivity contribution >= 4 is 11.8 Å². The van der Waals surface area contributed by atoms with Gasteiger partial charge in [0.2, 0.25) is 0 Å². The summed E-state index contributed by atoms with van der Waals surface area (Å²) in [6.45, 7) is 10.3. The summed E-state index contributed by atoms with van der Waals surface area (Å²) < 4.78 is 5.93. The van der Waals surface area contributed by atoms with Crippen molar-refractivity contribution < 1.29 is 14.3 Å². The van der Waals surface area contributed by atoms with Crippen LogP contribution in [0.5, 0.6) is 0 Å². The predicted molar refractivity (Wildman–Crippen MR) is 101 cm³/mol. The van der Waals surface area contributed by atoms with Crippen molar-refractivity contribution in [3.63, 3.8) is 0 Å². The van der Waals surface area contributed by atoms with Crippen molar-refractivity contribution in [2.24, 2.45) is 28.6 Å². The zero-order valence-corrected chi connectivity index (χ0v) is 16.5. The Morgan fingerprint density at radius 3 is 2.58 bits per heavy atom. The van der Waals surface area contributed by atoms with Crippen LogP contribution >= 0.6 is 0 Å². The maximum Gasteiger partial charge on any atom is 0.303 e. The van der Waals surface area contributed by atoms with E-state index in [4.69, 9.17) is 4.74 Å². The third kappa shape index (κ3) is 2.25. The van der Waals surface area contributed by atoms with Gasteiger partial charge >= 0.3 is 5.97 Å². The van der Waals surface area contributed by atoms with Crippen LogP contribution in [0.15, 0.2) is 24.3 Å². The molecule has 3 nitrogen and oxygen atoms in total. The largest absolute Gasteiger partial charge is 0.454 e. The molecule has 4 aliphatic rings. The van der Waals surface area contributed by atoms with Gasteiger partial charge in [0, 0.05) is 18.8 Å². The van der Waals surface area contributed by atoms with E-state index in [9.17, 15) is 9.59 Å². The van der Waals surface area contributed by atoms with Crippen LogP contribution in [0, 0.1) is 28.6 Å². The topological polar surface area (TPSA) is 43.4 Å². The minimum Gasteiger partial charge on any atom is -0.454 e. The van der Waals surface area contributed by atoms with Crippen molar-refractivity contribution in [2.45, 2.75) is 77.7 Å². The molecule has 0 N–H and O–H groups in total. The van der Waals surface area contributed by atoms with Crippen molar-refractivity contribution in [3.05, 3.63) is 24.3 Å². The smallest absolute Gasteiger partial charge is 0.303 e. The second kappa shape index (κ2) is 5.81.